The fourth-order valence-corrected chi connectivity index (χ4v) is 3.70. The van der Waals surface area contributed by atoms with Crippen molar-refractivity contribution < 1.29 is 19.4 Å². The first-order chi connectivity index (χ1) is 11.5. The maximum absolute atomic E-state index is 11.2. The Morgan fingerprint density at radius 3 is 2.71 bits per heavy atom. The van der Waals surface area contributed by atoms with Gasteiger partial charge in [-0.1, -0.05) is 0 Å². The third-order valence-corrected chi connectivity index (χ3v) is 5.10. The first kappa shape index (κ1) is 16.1. The van der Waals surface area contributed by atoms with Crippen LogP contribution in [-0.2, 0) is 4.79 Å². The second-order valence-corrected chi connectivity index (χ2v) is 8.10. The number of carbonyl (C=O) groups excluding carboxylic acids is 1. The Kier molecular flexibility index (Phi) is 4.58. The molecule has 3 aromatic rings. The summed E-state index contributed by atoms with van der Waals surface area (Å²) in [6.45, 7) is 1.55. The summed E-state index contributed by atoms with van der Waals surface area (Å²) < 4.78 is 6.56. The standard InChI is InChI=1S/C17H13AsN2O4/c1-10(21)18-15-8-16(20-9-19-15)24-12-5-6-13-11(7-12)3-2-4-14(13)17(22)23/h2-9,18H,1H3,(H,22,23). The molecule has 0 aliphatic carbocycles. The third kappa shape index (κ3) is 3.60. The molecule has 1 unspecified atom stereocenters. The summed E-state index contributed by atoms with van der Waals surface area (Å²) in [5, 5.41) is 10.6. The van der Waals surface area contributed by atoms with E-state index in [2.05, 4.69) is 9.97 Å². The summed E-state index contributed by atoms with van der Waals surface area (Å²) in [4.78, 5) is 30.6. The molecule has 120 valence electrons. The molecule has 3 rings (SSSR count). The molecule has 0 fully saturated rings. The van der Waals surface area contributed by atoms with Gasteiger partial charge < -0.3 is 0 Å². The van der Waals surface area contributed by atoms with Gasteiger partial charge in [0.1, 0.15) is 0 Å². The molecule has 1 atom stereocenters. The summed E-state index contributed by atoms with van der Waals surface area (Å²) in [6.07, 6.45) is 1.38. The van der Waals surface area contributed by atoms with Crippen molar-refractivity contribution in [1.82, 2.24) is 9.97 Å². The number of carboxylic acid groups (broad SMARTS) is 1. The molecular weight excluding hydrogens is 371 g/mol. The van der Waals surface area contributed by atoms with E-state index in [9.17, 15) is 14.7 Å². The van der Waals surface area contributed by atoms with Crippen molar-refractivity contribution in [3.63, 3.8) is 0 Å². The normalized spacial score (nSPS) is 11.0. The molecule has 0 radical (unpaired) electrons. The van der Waals surface area contributed by atoms with Crippen molar-refractivity contribution >= 4 is 41.5 Å². The van der Waals surface area contributed by atoms with E-state index in [1.54, 1.807) is 43.3 Å². The van der Waals surface area contributed by atoms with Crippen LogP contribution >= 0.6 is 0 Å². The zero-order chi connectivity index (χ0) is 17.1. The number of aromatic carboxylic acids is 1. The van der Waals surface area contributed by atoms with Crippen LogP contribution in [0.25, 0.3) is 10.8 Å². The van der Waals surface area contributed by atoms with Gasteiger partial charge in [-0.25, -0.2) is 0 Å². The van der Waals surface area contributed by atoms with E-state index >= 15 is 0 Å². The monoisotopic (exact) mass is 384 g/mol. The molecule has 0 saturated heterocycles. The fourth-order valence-electron chi connectivity index (χ4n) is 2.28. The Morgan fingerprint density at radius 1 is 1.12 bits per heavy atom. The van der Waals surface area contributed by atoms with Crippen molar-refractivity contribution in [1.29, 1.82) is 0 Å². The van der Waals surface area contributed by atoms with Crippen molar-refractivity contribution in [3.8, 4) is 11.6 Å². The number of benzene rings is 2. The minimum absolute atomic E-state index is 0.131. The predicted molar refractivity (Wildman–Crippen MR) is 90.5 cm³/mol. The summed E-state index contributed by atoms with van der Waals surface area (Å²) in [6, 6.07) is 11.9. The first-order valence-electron chi connectivity index (χ1n) is 7.06. The van der Waals surface area contributed by atoms with E-state index in [0.29, 0.717) is 21.5 Å². The Morgan fingerprint density at radius 2 is 1.96 bits per heavy atom. The zero-order valence-electron chi connectivity index (χ0n) is 12.7. The second-order valence-electron chi connectivity index (χ2n) is 5.02. The Balaban J connectivity index is 1.91. The molecule has 0 bridgehead atoms. The van der Waals surface area contributed by atoms with Crippen molar-refractivity contribution in [2.75, 3.05) is 0 Å². The Hall–Kier alpha value is -2.72. The van der Waals surface area contributed by atoms with Crippen LogP contribution in [0.1, 0.15) is 17.3 Å². The summed E-state index contributed by atoms with van der Waals surface area (Å²) in [7, 11) is 0. The second kappa shape index (κ2) is 6.81. The molecule has 0 aliphatic heterocycles. The molecular formula is C17H13AsN2O4. The summed E-state index contributed by atoms with van der Waals surface area (Å²) >= 11 is -0.941. The first-order valence-corrected chi connectivity index (χ1v) is 9.16. The van der Waals surface area contributed by atoms with Crippen LogP contribution in [0.5, 0.6) is 11.6 Å². The van der Waals surface area contributed by atoms with Crippen LogP contribution in [-0.4, -0.2) is 41.4 Å². The van der Waals surface area contributed by atoms with Gasteiger partial charge in [0.05, 0.1) is 0 Å². The van der Waals surface area contributed by atoms with E-state index in [1.807, 2.05) is 6.07 Å². The van der Waals surface area contributed by atoms with Crippen molar-refractivity contribution in [2.45, 2.75) is 6.92 Å². The number of nitrogens with zero attached hydrogens (tertiary/aromatic N) is 2. The fraction of sp³-hybridized carbons (Fsp3) is 0.0588. The zero-order valence-corrected chi connectivity index (χ0v) is 14.8. The topological polar surface area (TPSA) is 89.4 Å². The molecule has 1 N–H and O–H groups in total. The average Bonchev–Trinajstić information content (AvgIpc) is 2.53. The number of ether oxygens (including phenoxy) is 1. The van der Waals surface area contributed by atoms with Gasteiger partial charge >= 0.3 is 144 Å². The number of aromatic nitrogens is 2. The van der Waals surface area contributed by atoms with Gasteiger partial charge in [0.15, 0.2) is 0 Å². The molecule has 0 aliphatic rings. The number of fused-ring (bicyclic) bond motifs is 1. The molecule has 0 amide bonds. The number of carbonyl (C=O) groups is 2. The van der Waals surface area contributed by atoms with Crippen molar-refractivity contribution in [3.05, 3.63) is 54.4 Å². The van der Waals surface area contributed by atoms with Crippen LogP contribution in [0.3, 0.4) is 0 Å². The van der Waals surface area contributed by atoms with Crippen LogP contribution in [0.15, 0.2) is 48.8 Å². The van der Waals surface area contributed by atoms with Crippen molar-refractivity contribution in [2.24, 2.45) is 0 Å². The van der Waals surface area contributed by atoms with Gasteiger partial charge in [-0.05, 0) is 0 Å². The van der Waals surface area contributed by atoms with Gasteiger partial charge in [0, 0.05) is 0 Å². The van der Waals surface area contributed by atoms with Gasteiger partial charge in [-0.2, -0.15) is 0 Å². The van der Waals surface area contributed by atoms with E-state index in [-0.39, 0.29) is 10.1 Å². The number of rotatable bonds is 5. The van der Waals surface area contributed by atoms with E-state index < -0.39 is 21.7 Å². The van der Waals surface area contributed by atoms with Crippen LogP contribution in [0, 0.1) is 0 Å². The Bertz CT molecular complexity index is 943. The maximum atomic E-state index is 11.2. The summed E-state index contributed by atoms with van der Waals surface area (Å²) in [5.41, 5.74) is 0.246. The van der Waals surface area contributed by atoms with Crippen LogP contribution in [0.4, 0.5) is 0 Å². The third-order valence-electron chi connectivity index (χ3n) is 3.25. The summed E-state index contributed by atoms with van der Waals surface area (Å²) in [5.74, 6) is -0.0698. The van der Waals surface area contributed by atoms with E-state index in [0.717, 1.165) is 5.39 Å². The van der Waals surface area contributed by atoms with Crippen LogP contribution < -0.4 is 9.22 Å². The molecule has 7 heteroatoms. The Labute approximate surface area is 144 Å². The molecule has 0 saturated carbocycles. The minimum atomic E-state index is -0.969. The number of hydrogen-bond donors (Lipinski definition) is 1. The number of carboxylic acids is 1. The SMILES string of the molecule is CC(=O)[AsH]c1cc(Oc2ccc3c(C(=O)O)cccc3c2)ncn1. The van der Waals surface area contributed by atoms with Gasteiger partial charge in [-0.15, -0.1) is 0 Å². The molecule has 1 heterocycles. The van der Waals surface area contributed by atoms with Gasteiger partial charge in [-0.3, -0.25) is 0 Å². The molecule has 6 nitrogen and oxygen atoms in total. The van der Waals surface area contributed by atoms with E-state index in [4.69, 9.17) is 4.74 Å². The molecule has 2 aromatic carbocycles. The average molecular weight is 384 g/mol. The van der Waals surface area contributed by atoms with Crippen LogP contribution in [0.2, 0.25) is 0 Å². The molecule has 0 spiro atoms. The predicted octanol–water partition coefficient (Wildman–Crippen LogP) is 1.73. The van der Waals surface area contributed by atoms with E-state index in [1.165, 1.54) is 6.33 Å². The van der Waals surface area contributed by atoms with Gasteiger partial charge in [0.25, 0.3) is 0 Å². The number of hydrogen-bond acceptors (Lipinski definition) is 5. The molecule has 1 aromatic heterocycles. The quantitative estimate of drug-likeness (QED) is 0.674. The molecule has 24 heavy (non-hydrogen) atoms. The van der Waals surface area contributed by atoms with Gasteiger partial charge in [0.2, 0.25) is 0 Å².